The highest BCUT2D eigenvalue weighted by Crippen LogP contribution is 2.23. The van der Waals surface area contributed by atoms with E-state index in [2.05, 4.69) is 15.9 Å². The quantitative estimate of drug-likeness (QED) is 0.789. The van der Waals surface area contributed by atoms with Crippen molar-refractivity contribution in [1.29, 1.82) is 0 Å². The minimum absolute atomic E-state index is 0.0386. The average molecular weight is 333 g/mol. The van der Waals surface area contributed by atoms with Gasteiger partial charge in [-0.05, 0) is 32.0 Å². The van der Waals surface area contributed by atoms with Crippen LogP contribution in [0, 0.1) is 0 Å². The molecule has 0 N–H and O–H groups in total. The van der Waals surface area contributed by atoms with Gasteiger partial charge in [0.2, 0.25) is 0 Å². The second-order valence-corrected chi connectivity index (χ2v) is 5.91. The summed E-state index contributed by atoms with van der Waals surface area (Å²) in [5.74, 6) is -0.0386. The first-order valence-corrected chi connectivity index (χ1v) is 7.04. The van der Waals surface area contributed by atoms with E-state index in [4.69, 9.17) is 16.3 Å². The Morgan fingerprint density at radius 1 is 1.39 bits per heavy atom. The van der Waals surface area contributed by atoms with Gasteiger partial charge in [-0.25, -0.2) is 0 Å². The molecule has 0 saturated carbocycles. The third kappa shape index (κ3) is 3.05. The van der Waals surface area contributed by atoms with Crippen LogP contribution in [0.25, 0.3) is 0 Å². The summed E-state index contributed by atoms with van der Waals surface area (Å²) < 4.78 is 6.47. The molecule has 2 atom stereocenters. The Morgan fingerprint density at radius 3 is 2.61 bits per heavy atom. The van der Waals surface area contributed by atoms with Crippen LogP contribution in [0.1, 0.15) is 24.2 Å². The van der Waals surface area contributed by atoms with Crippen molar-refractivity contribution in [2.24, 2.45) is 0 Å². The minimum atomic E-state index is -0.0386. The number of benzene rings is 1. The number of amides is 1. The summed E-state index contributed by atoms with van der Waals surface area (Å²) in [5, 5.41) is 0.481. The molecule has 5 heteroatoms. The zero-order valence-corrected chi connectivity index (χ0v) is 12.7. The summed E-state index contributed by atoms with van der Waals surface area (Å²) in [6, 6.07) is 5.31. The first kappa shape index (κ1) is 13.8. The first-order valence-electron chi connectivity index (χ1n) is 5.87. The molecule has 1 aliphatic heterocycles. The monoisotopic (exact) mass is 331 g/mol. The fraction of sp³-hybridized carbons (Fsp3) is 0.462. The second-order valence-electron chi connectivity index (χ2n) is 4.59. The Kier molecular flexibility index (Phi) is 4.30. The normalized spacial score (nSPS) is 24.1. The summed E-state index contributed by atoms with van der Waals surface area (Å²) >= 11 is 9.44. The van der Waals surface area contributed by atoms with E-state index >= 15 is 0 Å². The van der Waals surface area contributed by atoms with E-state index in [1.54, 1.807) is 17.0 Å². The van der Waals surface area contributed by atoms with Gasteiger partial charge in [-0.15, -0.1) is 0 Å². The molecule has 98 valence electrons. The standard InChI is InChI=1S/C13H15BrClNO2/c1-8-6-16(7-9(2)18-8)13(17)11-5-10(14)3-4-12(11)15/h3-5,8-9H,6-7H2,1-2H3/t8-,9-/m1/s1. The third-order valence-electron chi connectivity index (χ3n) is 2.87. The van der Waals surface area contributed by atoms with Crippen LogP contribution in [-0.2, 0) is 4.74 Å². The Labute approximate surface area is 120 Å². The van der Waals surface area contributed by atoms with Crippen LogP contribution < -0.4 is 0 Å². The van der Waals surface area contributed by atoms with Crippen LogP contribution in [0.2, 0.25) is 5.02 Å². The van der Waals surface area contributed by atoms with E-state index in [1.807, 2.05) is 19.9 Å². The molecule has 18 heavy (non-hydrogen) atoms. The van der Waals surface area contributed by atoms with Gasteiger partial charge >= 0.3 is 0 Å². The van der Waals surface area contributed by atoms with E-state index in [1.165, 1.54) is 0 Å². The lowest BCUT2D eigenvalue weighted by molar-refractivity contribution is -0.0586. The highest BCUT2D eigenvalue weighted by molar-refractivity contribution is 9.10. The van der Waals surface area contributed by atoms with Crippen molar-refractivity contribution < 1.29 is 9.53 Å². The lowest BCUT2D eigenvalue weighted by Crippen LogP contribution is -2.48. The topological polar surface area (TPSA) is 29.5 Å². The number of nitrogens with zero attached hydrogens (tertiary/aromatic N) is 1. The van der Waals surface area contributed by atoms with E-state index in [-0.39, 0.29) is 18.1 Å². The summed E-state index contributed by atoms with van der Waals surface area (Å²) in [5.41, 5.74) is 0.535. The fourth-order valence-electron chi connectivity index (χ4n) is 2.18. The van der Waals surface area contributed by atoms with E-state index in [0.717, 1.165) is 4.47 Å². The SMILES string of the molecule is C[C@@H]1CN(C(=O)c2cc(Br)ccc2Cl)C[C@@H](C)O1. The van der Waals surface area contributed by atoms with E-state index < -0.39 is 0 Å². The molecule has 0 unspecified atom stereocenters. The number of hydrogen-bond acceptors (Lipinski definition) is 2. The molecule has 1 aromatic carbocycles. The van der Waals surface area contributed by atoms with Crippen molar-refractivity contribution in [3.8, 4) is 0 Å². The van der Waals surface area contributed by atoms with Crippen LogP contribution in [0.15, 0.2) is 22.7 Å². The molecule has 1 aliphatic rings. The summed E-state index contributed by atoms with van der Waals surface area (Å²) in [6.07, 6.45) is 0.118. The molecule has 2 rings (SSSR count). The molecule has 1 heterocycles. The van der Waals surface area contributed by atoms with Crippen molar-refractivity contribution >= 4 is 33.4 Å². The number of rotatable bonds is 1. The van der Waals surface area contributed by atoms with Crippen molar-refractivity contribution in [1.82, 2.24) is 4.90 Å². The average Bonchev–Trinajstić information content (AvgIpc) is 2.30. The number of carbonyl (C=O) groups is 1. The van der Waals surface area contributed by atoms with Gasteiger partial charge in [0, 0.05) is 17.6 Å². The molecule has 0 radical (unpaired) electrons. The number of hydrogen-bond donors (Lipinski definition) is 0. The molecule has 3 nitrogen and oxygen atoms in total. The van der Waals surface area contributed by atoms with Crippen LogP contribution in [-0.4, -0.2) is 36.1 Å². The third-order valence-corrected chi connectivity index (χ3v) is 3.69. The molecule has 0 spiro atoms. The number of morpholine rings is 1. The molecular formula is C13H15BrClNO2. The molecule has 0 aromatic heterocycles. The van der Waals surface area contributed by atoms with Gasteiger partial charge in [-0.2, -0.15) is 0 Å². The van der Waals surface area contributed by atoms with Crippen molar-refractivity contribution in [3.63, 3.8) is 0 Å². The van der Waals surface area contributed by atoms with Crippen LogP contribution in [0.3, 0.4) is 0 Å². The summed E-state index contributed by atoms with van der Waals surface area (Å²) in [6.45, 7) is 5.15. The molecule has 1 saturated heterocycles. The Hall–Kier alpha value is -0.580. The Bertz CT molecular complexity index is 456. The van der Waals surface area contributed by atoms with Crippen molar-refractivity contribution in [3.05, 3.63) is 33.3 Å². The highest BCUT2D eigenvalue weighted by Gasteiger charge is 2.27. The Morgan fingerprint density at radius 2 is 2.00 bits per heavy atom. The van der Waals surface area contributed by atoms with Gasteiger partial charge in [0.1, 0.15) is 0 Å². The number of halogens is 2. The summed E-state index contributed by atoms with van der Waals surface area (Å²) in [7, 11) is 0. The predicted octanol–water partition coefficient (Wildman–Crippen LogP) is 3.35. The van der Waals surface area contributed by atoms with Crippen molar-refractivity contribution in [2.45, 2.75) is 26.1 Å². The van der Waals surface area contributed by atoms with Gasteiger partial charge < -0.3 is 9.64 Å². The molecular weight excluding hydrogens is 318 g/mol. The maximum absolute atomic E-state index is 12.4. The van der Waals surface area contributed by atoms with Crippen LogP contribution in [0.5, 0.6) is 0 Å². The second kappa shape index (κ2) is 5.59. The fourth-order valence-corrected chi connectivity index (χ4v) is 2.73. The largest absolute Gasteiger partial charge is 0.372 e. The van der Waals surface area contributed by atoms with Gasteiger partial charge in [-0.3, -0.25) is 4.79 Å². The van der Waals surface area contributed by atoms with Gasteiger partial charge in [-0.1, -0.05) is 27.5 Å². The van der Waals surface area contributed by atoms with Gasteiger partial charge in [0.25, 0.3) is 5.91 Å². The number of ether oxygens (including phenoxy) is 1. The molecule has 1 aromatic rings. The molecule has 1 fully saturated rings. The van der Waals surface area contributed by atoms with Gasteiger partial charge in [0.05, 0.1) is 22.8 Å². The molecule has 1 amide bonds. The van der Waals surface area contributed by atoms with Crippen LogP contribution >= 0.6 is 27.5 Å². The van der Waals surface area contributed by atoms with E-state index in [0.29, 0.717) is 23.7 Å². The van der Waals surface area contributed by atoms with Crippen molar-refractivity contribution in [2.75, 3.05) is 13.1 Å². The minimum Gasteiger partial charge on any atom is -0.372 e. The zero-order valence-electron chi connectivity index (χ0n) is 10.3. The number of carbonyl (C=O) groups excluding carboxylic acids is 1. The highest BCUT2D eigenvalue weighted by atomic mass is 79.9. The first-order chi connectivity index (χ1) is 8.47. The Balaban J connectivity index is 2.22. The lowest BCUT2D eigenvalue weighted by atomic mass is 10.1. The van der Waals surface area contributed by atoms with Crippen LogP contribution in [0.4, 0.5) is 0 Å². The maximum Gasteiger partial charge on any atom is 0.255 e. The predicted molar refractivity (Wildman–Crippen MR) is 75.1 cm³/mol. The smallest absolute Gasteiger partial charge is 0.255 e. The summed E-state index contributed by atoms with van der Waals surface area (Å²) in [4.78, 5) is 14.2. The maximum atomic E-state index is 12.4. The lowest BCUT2D eigenvalue weighted by Gasteiger charge is -2.35. The van der Waals surface area contributed by atoms with Gasteiger partial charge in [0.15, 0.2) is 0 Å². The molecule has 0 aliphatic carbocycles. The van der Waals surface area contributed by atoms with E-state index in [9.17, 15) is 4.79 Å². The zero-order chi connectivity index (χ0) is 13.3. The molecule has 0 bridgehead atoms.